The van der Waals surface area contributed by atoms with Crippen LogP contribution < -0.4 is 4.90 Å². The van der Waals surface area contributed by atoms with Gasteiger partial charge in [0.25, 0.3) is 0 Å². The molecule has 1 aromatic rings. The van der Waals surface area contributed by atoms with Gasteiger partial charge in [0.2, 0.25) is 5.91 Å². The van der Waals surface area contributed by atoms with Crippen molar-refractivity contribution in [2.24, 2.45) is 0 Å². The van der Waals surface area contributed by atoms with Crippen molar-refractivity contribution in [3.63, 3.8) is 0 Å². The minimum absolute atomic E-state index is 0.0575. The van der Waals surface area contributed by atoms with Crippen LogP contribution >= 0.6 is 11.3 Å². The molecule has 0 spiro atoms. The molecule has 0 unspecified atom stereocenters. The van der Waals surface area contributed by atoms with Gasteiger partial charge < -0.3 is 4.74 Å². The summed E-state index contributed by atoms with van der Waals surface area (Å²) < 4.78 is 5.93. The third-order valence-corrected chi connectivity index (χ3v) is 5.59. The zero-order valence-electron chi connectivity index (χ0n) is 13.5. The molecule has 1 aliphatic carbocycles. The number of hydrogen-bond donors (Lipinski definition) is 0. The van der Waals surface area contributed by atoms with Crippen LogP contribution in [0.4, 0.5) is 5.13 Å². The number of amides is 1. The summed E-state index contributed by atoms with van der Waals surface area (Å²) in [5.74, 6) is 0.0575. The largest absolute Gasteiger partial charge is 0.375 e. The summed E-state index contributed by atoms with van der Waals surface area (Å²) in [5.41, 5.74) is 1.07. The lowest BCUT2D eigenvalue weighted by Crippen LogP contribution is -2.52. The average molecular weight is 323 g/mol. The van der Waals surface area contributed by atoms with Crippen LogP contribution in [0, 0.1) is 0 Å². The molecule has 2 heterocycles. The van der Waals surface area contributed by atoms with Crippen molar-refractivity contribution in [3.05, 3.63) is 11.1 Å². The van der Waals surface area contributed by atoms with Gasteiger partial charge in [-0.15, -0.1) is 11.3 Å². The van der Waals surface area contributed by atoms with Crippen molar-refractivity contribution < 1.29 is 9.53 Å². The van der Waals surface area contributed by atoms with Gasteiger partial charge >= 0.3 is 0 Å². The van der Waals surface area contributed by atoms with Gasteiger partial charge in [0.1, 0.15) is 0 Å². The van der Waals surface area contributed by atoms with Crippen molar-refractivity contribution in [2.75, 3.05) is 24.6 Å². The number of carbonyl (C=O) groups excluding carboxylic acids is 1. The fourth-order valence-electron chi connectivity index (χ4n) is 3.57. The molecule has 1 aromatic heterocycles. The Kier molecular flexibility index (Phi) is 5.10. The SMILES string of the molecule is CCN(C(C)=O)c1nc(CN2CCO[C@@H]3CCCC[C@@H]32)cs1. The van der Waals surface area contributed by atoms with E-state index < -0.39 is 0 Å². The summed E-state index contributed by atoms with van der Waals surface area (Å²) >= 11 is 1.56. The molecule has 2 fully saturated rings. The number of rotatable bonds is 4. The van der Waals surface area contributed by atoms with Crippen molar-refractivity contribution in [3.8, 4) is 0 Å². The maximum atomic E-state index is 11.6. The van der Waals surface area contributed by atoms with Crippen LogP contribution in [0.1, 0.15) is 45.2 Å². The highest BCUT2D eigenvalue weighted by molar-refractivity contribution is 7.14. The summed E-state index contributed by atoms with van der Waals surface area (Å²) in [7, 11) is 0. The number of aromatic nitrogens is 1. The molecule has 6 heteroatoms. The Labute approximate surface area is 136 Å². The highest BCUT2D eigenvalue weighted by Crippen LogP contribution is 2.30. The lowest BCUT2D eigenvalue weighted by molar-refractivity contribution is -0.116. The normalized spacial score (nSPS) is 25.7. The van der Waals surface area contributed by atoms with Gasteiger partial charge in [-0.25, -0.2) is 4.98 Å². The Morgan fingerprint density at radius 3 is 3.09 bits per heavy atom. The van der Waals surface area contributed by atoms with Crippen LogP contribution in [0.2, 0.25) is 0 Å². The molecule has 1 amide bonds. The van der Waals surface area contributed by atoms with Crippen molar-refractivity contribution in [2.45, 2.75) is 58.2 Å². The van der Waals surface area contributed by atoms with Crippen LogP contribution in [0.3, 0.4) is 0 Å². The summed E-state index contributed by atoms with van der Waals surface area (Å²) in [5, 5.41) is 2.91. The van der Waals surface area contributed by atoms with Gasteiger partial charge in [0, 0.05) is 38.0 Å². The zero-order chi connectivity index (χ0) is 15.5. The standard InChI is InChI=1S/C16H25N3O2S/c1-3-19(12(2)20)16-17-13(11-22-16)10-18-8-9-21-15-7-5-4-6-14(15)18/h11,14-15H,3-10H2,1-2H3/t14-,15+/m0/s1. The van der Waals surface area contributed by atoms with Gasteiger partial charge in [-0.1, -0.05) is 12.8 Å². The van der Waals surface area contributed by atoms with E-state index >= 15 is 0 Å². The third kappa shape index (κ3) is 3.34. The van der Waals surface area contributed by atoms with E-state index in [0.717, 1.165) is 30.5 Å². The predicted octanol–water partition coefficient (Wildman–Crippen LogP) is 2.66. The van der Waals surface area contributed by atoms with Crippen LogP contribution in [-0.4, -0.2) is 47.6 Å². The second-order valence-corrected chi connectivity index (χ2v) is 6.95. The number of fused-ring (bicyclic) bond motifs is 1. The van der Waals surface area contributed by atoms with Gasteiger partial charge in [-0.05, 0) is 19.8 Å². The maximum absolute atomic E-state index is 11.6. The van der Waals surface area contributed by atoms with E-state index in [4.69, 9.17) is 4.74 Å². The molecular formula is C16H25N3O2S. The number of carbonyl (C=O) groups is 1. The average Bonchev–Trinajstić information content (AvgIpc) is 2.96. The van der Waals surface area contributed by atoms with Crippen molar-refractivity contribution in [1.82, 2.24) is 9.88 Å². The third-order valence-electron chi connectivity index (χ3n) is 4.68. The summed E-state index contributed by atoms with van der Waals surface area (Å²) in [6, 6.07) is 0.544. The van der Waals surface area contributed by atoms with Crippen molar-refractivity contribution >= 4 is 22.4 Å². The van der Waals surface area contributed by atoms with Gasteiger partial charge in [0.05, 0.1) is 18.4 Å². The van der Waals surface area contributed by atoms with E-state index in [1.807, 2.05) is 6.92 Å². The first-order valence-corrected chi connectivity index (χ1v) is 9.15. The first kappa shape index (κ1) is 15.9. The number of anilines is 1. The molecule has 2 aliphatic rings. The topological polar surface area (TPSA) is 45.7 Å². The summed E-state index contributed by atoms with van der Waals surface area (Å²) in [4.78, 5) is 20.6. The lowest BCUT2D eigenvalue weighted by atomic mass is 9.90. The first-order valence-electron chi connectivity index (χ1n) is 8.27. The molecule has 22 heavy (non-hydrogen) atoms. The quantitative estimate of drug-likeness (QED) is 0.854. The Morgan fingerprint density at radius 2 is 2.32 bits per heavy atom. The molecule has 1 saturated carbocycles. The summed E-state index contributed by atoms with van der Waals surface area (Å²) in [6.07, 6.45) is 5.43. The molecule has 0 radical (unpaired) electrons. The van der Waals surface area contributed by atoms with Crippen molar-refractivity contribution in [1.29, 1.82) is 0 Å². The molecule has 3 rings (SSSR count). The molecule has 0 aromatic carbocycles. The number of thiazole rings is 1. The Morgan fingerprint density at radius 1 is 1.50 bits per heavy atom. The molecule has 1 saturated heterocycles. The van der Waals surface area contributed by atoms with E-state index in [2.05, 4.69) is 15.3 Å². The Hall–Kier alpha value is -0.980. The smallest absolute Gasteiger partial charge is 0.225 e. The Bertz CT molecular complexity index is 517. The molecule has 2 atom stereocenters. The van der Waals surface area contributed by atoms with Gasteiger partial charge in [-0.2, -0.15) is 0 Å². The van der Waals surface area contributed by atoms with E-state index in [1.165, 1.54) is 25.7 Å². The van der Waals surface area contributed by atoms with Crippen LogP contribution in [0.25, 0.3) is 0 Å². The van der Waals surface area contributed by atoms with Gasteiger partial charge in [-0.3, -0.25) is 14.6 Å². The highest BCUT2D eigenvalue weighted by atomic mass is 32.1. The van der Waals surface area contributed by atoms with E-state index in [9.17, 15) is 4.79 Å². The van der Waals surface area contributed by atoms with E-state index in [1.54, 1.807) is 23.2 Å². The molecule has 0 bridgehead atoms. The second-order valence-electron chi connectivity index (χ2n) is 6.12. The molecule has 122 valence electrons. The monoisotopic (exact) mass is 323 g/mol. The van der Waals surface area contributed by atoms with Crippen LogP contribution in [-0.2, 0) is 16.1 Å². The fraction of sp³-hybridized carbons (Fsp3) is 0.750. The molecule has 1 aliphatic heterocycles. The number of ether oxygens (including phenoxy) is 1. The fourth-order valence-corrected chi connectivity index (χ4v) is 4.49. The molecule has 5 nitrogen and oxygen atoms in total. The molecule has 0 N–H and O–H groups in total. The second kappa shape index (κ2) is 7.06. The van der Waals surface area contributed by atoms with E-state index in [0.29, 0.717) is 18.7 Å². The first-order chi connectivity index (χ1) is 10.7. The van der Waals surface area contributed by atoms with E-state index in [-0.39, 0.29) is 5.91 Å². The number of hydrogen-bond acceptors (Lipinski definition) is 5. The Balaban J connectivity index is 1.67. The highest BCUT2D eigenvalue weighted by Gasteiger charge is 2.34. The predicted molar refractivity (Wildman–Crippen MR) is 88.2 cm³/mol. The summed E-state index contributed by atoms with van der Waals surface area (Å²) in [6.45, 7) is 6.93. The van der Waals surface area contributed by atoms with Crippen LogP contribution in [0.15, 0.2) is 5.38 Å². The zero-order valence-corrected chi connectivity index (χ0v) is 14.3. The number of morpholine rings is 1. The maximum Gasteiger partial charge on any atom is 0.225 e. The van der Waals surface area contributed by atoms with Gasteiger partial charge in [0.15, 0.2) is 5.13 Å². The van der Waals surface area contributed by atoms with Crippen LogP contribution in [0.5, 0.6) is 0 Å². The number of nitrogens with zero attached hydrogens (tertiary/aromatic N) is 3. The lowest BCUT2D eigenvalue weighted by Gasteiger charge is -2.43. The molecular weight excluding hydrogens is 298 g/mol. The minimum Gasteiger partial charge on any atom is -0.375 e. The minimum atomic E-state index is 0.0575.